The Morgan fingerprint density at radius 3 is 2.48 bits per heavy atom. The maximum atomic E-state index is 13.1. The number of nitrogens with zero attached hydrogens (tertiary/aromatic N) is 2. The van der Waals surface area contributed by atoms with Gasteiger partial charge >= 0.3 is 7.12 Å². The molecule has 2 aliphatic rings. The fourth-order valence-corrected chi connectivity index (χ4v) is 3.43. The monoisotopic (exact) mass is 344 g/mol. The number of amides is 1. The first kappa shape index (κ1) is 18.4. The minimum Gasteiger partial charge on any atom is -0.399 e. The average Bonchev–Trinajstić information content (AvgIpc) is 2.75. The van der Waals surface area contributed by atoms with Crippen molar-refractivity contribution >= 4 is 18.5 Å². The van der Waals surface area contributed by atoms with Gasteiger partial charge in [-0.05, 0) is 66.9 Å². The normalized spacial score (nSPS) is 25.3. The molecule has 0 aromatic carbocycles. The topological polar surface area (TPSA) is 51.7 Å². The van der Waals surface area contributed by atoms with Crippen molar-refractivity contribution in [2.24, 2.45) is 0 Å². The molecule has 5 nitrogen and oxygen atoms in total. The Labute approximate surface area is 151 Å². The molecule has 1 atom stereocenters. The van der Waals surface area contributed by atoms with Gasteiger partial charge in [-0.25, -0.2) is 0 Å². The summed E-state index contributed by atoms with van der Waals surface area (Å²) < 4.78 is 12.2. The van der Waals surface area contributed by atoms with Gasteiger partial charge in [0.25, 0.3) is 5.91 Å². The lowest BCUT2D eigenvalue weighted by Gasteiger charge is -2.33. The minimum absolute atomic E-state index is 0.0653. The van der Waals surface area contributed by atoms with Gasteiger partial charge < -0.3 is 14.2 Å². The van der Waals surface area contributed by atoms with Crippen LogP contribution < -0.4 is 5.46 Å². The molecule has 2 saturated heterocycles. The van der Waals surface area contributed by atoms with Crippen LogP contribution in [0.2, 0.25) is 0 Å². The van der Waals surface area contributed by atoms with E-state index in [4.69, 9.17) is 9.31 Å². The molecule has 25 heavy (non-hydrogen) atoms. The molecule has 1 unspecified atom stereocenters. The highest BCUT2D eigenvalue weighted by Crippen LogP contribution is 2.36. The maximum Gasteiger partial charge on any atom is 0.496 e. The standard InChI is InChI=1S/C19H29BN2O3/c1-13-9-7-8-10-22(13)17(23)16-11-15(12-21-14(16)2)20-24-18(3,4)19(5,6)25-20/h11-13H,7-10H2,1-6H3. The Balaban J connectivity index is 1.88. The third-order valence-corrected chi connectivity index (χ3v) is 5.93. The second kappa shape index (κ2) is 6.40. The summed E-state index contributed by atoms with van der Waals surface area (Å²) in [5, 5.41) is 0. The molecule has 0 spiro atoms. The fraction of sp³-hybridized carbons (Fsp3) is 0.684. The molecule has 6 heteroatoms. The number of aryl methyl sites for hydroxylation is 1. The molecule has 0 bridgehead atoms. The first-order valence-electron chi connectivity index (χ1n) is 9.25. The quantitative estimate of drug-likeness (QED) is 0.774. The van der Waals surface area contributed by atoms with E-state index < -0.39 is 18.3 Å². The van der Waals surface area contributed by atoms with E-state index in [2.05, 4.69) is 11.9 Å². The van der Waals surface area contributed by atoms with Crippen molar-refractivity contribution in [3.8, 4) is 0 Å². The summed E-state index contributed by atoms with van der Waals surface area (Å²) >= 11 is 0. The number of piperidine rings is 1. The van der Waals surface area contributed by atoms with Gasteiger partial charge in [0, 0.05) is 29.9 Å². The van der Waals surface area contributed by atoms with Gasteiger partial charge in [-0.3, -0.25) is 9.78 Å². The molecule has 3 heterocycles. The third-order valence-electron chi connectivity index (χ3n) is 5.93. The van der Waals surface area contributed by atoms with Crippen LogP contribution in [0.5, 0.6) is 0 Å². The molecule has 2 fully saturated rings. The predicted octanol–water partition coefficient (Wildman–Crippen LogP) is 2.70. The fourth-order valence-electron chi connectivity index (χ4n) is 3.43. The van der Waals surface area contributed by atoms with Crippen molar-refractivity contribution in [2.75, 3.05) is 6.54 Å². The summed E-state index contributed by atoms with van der Waals surface area (Å²) in [6, 6.07) is 2.18. The molecule has 136 valence electrons. The Morgan fingerprint density at radius 2 is 1.88 bits per heavy atom. The second-order valence-electron chi connectivity index (χ2n) is 8.33. The van der Waals surface area contributed by atoms with E-state index in [1.807, 2.05) is 45.6 Å². The zero-order chi connectivity index (χ0) is 18.4. The number of likely N-dealkylation sites (tertiary alicyclic amines) is 1. The summed E-state index contributed by atoms with van der Waals surface area (Å²) in [5.74, 6) is 0.0653. The number of hydrogen-bond acceptors (Lipinski definition) is 4. The van der Waals surface area contributed by atoms with E-state index >= 15 is 0 Å². The number of aromatic nitrogens is 1. The van der Waals surface area contributed by atoms with Crippen LogP contribution in [0.15, 0.2) is 12.3 Å². The van der Waals surface area contributed by atoms with E-state index in [0.29, 0.717) is 5.56 Å². The van der Waals surface area contributed by atoms with Gasteiger partial charge in [0.1, 0.15) is 0 Å². The average molecular weight is 344 g/mol. The largest absolute Gasteiger partial charge is 0.496 e. The van der Waals surface area contributed by atoms with Crippen LogP contribution in [-0.4, -0.2) is 46.7 Å². The SMILES string of the molecule is Cc1ncc(B2OC(C)(C)C(C)(C)O2)cc1C(=O)N1CCCCC1C. The second-order valence-corrected chi connectivity index (χ2v) is 8.33. The molecule has 0 saturated carbocycles. The smallest absolute Gasteiger partial charge is 0.399 e. The summed E-state index contributed by atoms with van der Waals surface area (Å²) in [7, 11) is -0.497. The van der Waals surface area contributed by atoms with Crippen molar-refractivity contribution in [2.45, 2.75) is 78.0 Å². The molecular formula is C19H29BN2O3. The molecule has 0 aliphatic carbocycles. The third kappa shape index (κ3) is 3.34. The van der Waals surface area contributed by atoms with E-state index in [9.17, 15) is 4.79 Å². The van der Waals surface area contributed by atoms with Gasteiger partial charge in [-0.15, -0.1) is 0 Å². The Bertz CT molecular complexity index is 659. The van der Waals surface area contributed by atoms with Gasteiger partial charge in [0.15, 0.2) is 0 Å². The number of rotatable bonds is 2. The van der Waals surface area contributed by atoms with E-state index in [-0.39, 0.29) is 11.9 Å². The van der Waals surface area contributed by atoms with Gasteiger partial charge in [0.2, 0.25) is 0 Å². The highest BCUT2D eigenvalue weighted by atomic mass is 16.7. The lowest BCUT2D eigenvalue weighted by atomic mass is 9.79. The molecule has 1 aromatic heterocycles. The van der Waals surface area contributed by atoms with Gasteiger partial charge in [0.05, 0.1) is 16.8 Å². The molecule has 3 rings (SSSR count). The van der Waals surface area contributed by atoms with Crippen LogP contribution in [-0.2, 0) is 9.31 Å². The number of pyridine rings is 1. The van der Waals surface area contributed by atoms with Crippen molar-refractivity contribution in [3.05, 3.63) is 23.5 Å². The van der Waals surface area contributed by atoms with Crippen molar-refractivity contribution in [1.82, 2.24) is 9.88 Å². The number of hydrogen-bond donors (Lipinski definition) is 0. The van der Waals surface area contributed by atoms with E-state index in [0.717, 1.165) is 30.5 Å². The Morgan fingerprint density at radius 1 is 1.24 bits per heavy atom. The lowest BCUT2D eigenvalue weighted by Crippen LogP contribution is -2.43. The first-order valence-corrected chi connectivity index (χ1v) is 9.25. The van der Waals surface area contributed by atoms with Crippen LogP contribution in [0, 0.1) is 6.92 Å². The van der Waals surface area contributed by atoms with Crippen LogP contribution in [0.3, 0.4) is 0 Å². The van der Waals surface area contributed by atoms with Gasteiger partial charge in [-0.2, -0.15) is 0 Å². The lowest BCUT2D eigenvalue weighted by molar-refractivity contribution is 0.00578. The molecule has 0 N–H and O–H groups in total. The number of carbonyl (C=O) groups excluding carboxylic acids is 1. The number of carbonyl (C=O) groups is 1. The highest BCUT2D eigenvalue weighted by molar-refractivity contribution is 6.62. The van der Waals surface area contributed by atoms with Crippen molar-refractivity contribution in [1.29, 1.82) is 0 Å². The van der Waals surface area contributed by atoms with Crippen LogP contribution in [0.25, 0.3) is 0 Å². The summed E-state index contributed by atoms with van der Waals surface area (Å²) in [6.07, 6.45) is 5.08. The minimum atomic E-state index is -0.497. The van der Waals surface area contributed by atoms with E-state index in [1.165, 1.54) is 6.42 Å². The predicted molar refractivity (Wildman–Crippen MR) is 99.0 cm³/mol. The van der Waals surface area contributed by atoms with Crippen molar-refractivity contribution in [3.63, 3.8) is 0 Å². The highest BCUT2D eigenvalue weighted by Gasteiger charge is 2.52. The first-order chi connectivity index (χ1) is 11.6. The Kier molecular flexibility index (Phi) is 4.71. The summed E-state index contributed by atoms with van der Waals surface area (Å²) in [5.41, 5.74) is 1.39. The molecular weight excluding hydrogens is 315 g/mol. The molecule has 1 aromatic rings. The van der Waals surface area contributed by atoms with Crippen LogP contribution >= 0.6 is 0 Å². The van der Waals surface area contributed by atoms with Crippen molar-refractivity contribution < 1.29 is 14.1 Å². The van der Waals surface area contributed by atoms with E-state index in [1.54, 1.807) is 6.20 Å². The molecule has 2 aliphatic heterocycles. The maximum absolute atomic E-state index is 13.1. The summed E-state index contributed by atoms with van der Waals surface area (Å²) in [4.78, 5) is 19.5. The molecule has 0 radical (unpaired) electrons. The Hall–Kier alpha value is -1.40. The van der Waals surface area contributed by atoms with Gasteiger partial charge in [-0.1, -0.05) is 0 Å². The van der Waals surface area contributed by atoms with Crippen LogP contribution in [0.1, 0.15) is 69.9 Å². The zero-order valence-electron chi connectivity index (χ0n) is 16.3. The molecule has 1 amide bonds. The zero-order valence-corrected chi connectivity index (χ0v) is 16.3. The summed E-state index contributed by atoms with van der Waals surface area (Å²) in [6.45, 7) is 12.9. The van der Waals surface area contributed by atoms with Crippen LogP contribution in [0.4, 0.5) is 0 Å².